The zero-order valence-electron chi connectivity index (χ0n) is 10.8. The van der Waals surface area contributed by atoms with Gasteiger partial charge in [0.2, 0.25) is 0 Å². The largest absolute Gasteiger partial charge is 0.478 e. The average molecular weight is 246 g/mol. The van der Waals surface area contributed by atoms with E-state index >= 15 is 0 Å². The summed E-state index contributed by atoms with van der Waals surface area (Å²) in [7, 11) is 0. The van der Waals surface area contributed by atoms with Crippen molar-refractivity contribution in [1.29, 1.82) is 5.26 Å². The van der Waals surface area contributed by atoms with Crippen LogP contribution in [0.3, 0.4) is 0 Å². The van der Waals surface area contributed by atoms with Crippen LogP contribution in [0.2, 0.25) is 0 Å². The minimum Gasteiger partial charge on any atom is -0.478 e. The maximum absolute atomic E-state index is 10.7. The molecule has 0 aliphatic heterocycles. The number of carboxylic acids is 1. The van der Waals surface area contributed by atoms with Crippen molar-refractivity contribution in [2.75, 3.05) is 13.1 Å². The molecule has 0 saturated carbocycles. The van der Waals surface area contributed by atoms with Crippen molar-refractivity contribution in [3.05, 3.63) is 35.4 Å². The second-order valence-electron chi connectivity index (χ2n) is 4.36. The summed E-state index contributed by atoms with van der Waals surface area (Å²) < 4.78 is 0. The zero-order valence-corrected chi connectivity index (χ0v) is 10.8. The van der Waals surface area contributed by atoms with E-state index in [0.29, 0.717) is 5.56 Å². The van der Waals surface area contributed by atoms with Crippen molar-refractivity contribution in [3.63, 3.8) is 0 Å². The molecule has 0 aliphatic rings. The maximum Gasteiger partial charge on any atom is 0.335 e. The van der Waals surface area contributed by atoms with E-state index in [1.54, 1.807) is 12.1 Å². The Morgan fingerprint density at radius 1 is 1.44 bits per heavy atom. The summed E-state index contributed by atoms with van der Waals surface area (Å²) in [6.45, 7) is 6.29. The first-order chi connectivity index (χ1) is 8.56. The SMILES string of the molecule is CCN(Cc1ccc(C(=O)O)cc1)CC(C)C#N. The highest BCUT2D eigenvalue weighted by Crippen LogP contribution is 2.09. The van der Waals surface area contributed by atoms with Crippen molar-refractivity contribution in [2.45, 2.75) is 20.4 Å². The minimum atomic E-state index is -0.910. The van der Waals surface area contributed by atoms with Gasteiger partial charge in [0.1, 0.15) is 0 Å². The van der Waals surface area contributed by atoms with Gasteiger partial charge in [-0.05, 0) is 31.2 Å². The van der Waals surface area contributed by atoms with Crippen LogP contribution in [0.15, 0.2) is 24.3 Å². The summed E-state index contributed by atoms with van der Waals surface area (Å²) in [6, 6.07) is 9.09. The van der Waals surface area contributed by atoms with Gasteiger partial charge in [-0.15, -0.1) is 0 Å². The molecule has 0 radical (unpaired) electrons. The molecule has 4 heteroatoms. The van der Waals surface area contributed by atoms with Gasteiger partial charge in [-0.25, -0.2) is 4.79 Å². The lowest BCUT2D eigenvalue weighted by Crippen LogP contribution is -2.27. The summed E-state index contributed by atoms with van der Waals surface area (Å²) in [5.41, 5.74) is 1.36. The van der Waals surface area contributed by atoms with Gasteiger partial charge in [0.05, 0.1) is 17.6 Å². The van der Waals surface area contributed by atoms with Crippen molar-refractivity contribution in [3.8, 4) is 6.07 Å². The van der Waals surface area contributed by atoms with Crippen molar-refractivity contribution in [1.82, 2.24) is 4.90 Å². The molecular weight excluding hydrogens is 228 g/mol. The molecule has 1 unspecified atom stereocenters. The summed E-state index contributed by atoms with van der Waals surface area (Å²) in [5.74, 6) is -0.907. The van der Waals surface area contributed by atoms with Gasteiger partial charge >= 0.3 is 5.97 Å². The van der Waals surface area contributed by atoms with Crippen LogP contribution in [0.4, 0.5) is 0 Å². The second-order valence-corrected chi connectivity index (χ2v) is 4.36. The molecule has 0 spiro atoms. The van der Waals surface area contributed by atoms with Crippen LogP contribution < -0.4 is 0 Å². The Morgan fingerprint density at radius 3 is 2.50 bits per heavy atom. The lowest BCUT2D eigenvalue weighted by atomic mass is 10.1. The lowest BCUT2D eigenvalue weighted by Gasteiger charge is -2.21. The van der Waals surface area contributed by atoms with Crippen LogP contribution in [0.5, 0.6) is 0 Å². The normalized spacial score (nSPS) is 12.1. The van der Waals surface area contributed by atoms with Gasteiger partial charge < -0.3 is 5.11 Å². The Kier molecular flexibility index (Phi) is 5.34. The molecule has 1 aromatic rings. The first kappa shape index (κ1) is 14.2. The number of aromatic carboxylic acids is 1. The average Bonchev–Trinajstić information content (AvgIpc) is 2.38. The van der Waals surface area contributed by atoms with E-state index in [2.05, 4.69) is 17.9 Å². The summed E-state index contributed by atoms with van der Waals surface area (Å²) in [5, 5.41) is 17.6. The van der Waals surface area contributed by atoms with Crippen LogP contribution in [-0.2, 0) is 6.54 Å². The Balaban J connectivity index is 2.65. The van der Waals surface area contributed by atoms with Crippen LogP contribution in [0, 0.1) is 17.2 Å². The van der Waals surface area contributed by atoms with E-state index in [-0.39, 0.29) is 5.92 Å². The van der Waals surface area contributed by atoms with E-state index < -0.39 is 5.97 Å². The zero-order chi connectivity index (χ0) is 13.5. The number of carbonyl (C=O) groups is 1. The highest BCUT2D eigenvalue weighted by atomic mass is 16.4. The molecule has 18 heavy (non-hydrogen) atoms. The Morgan fingerprint density at radius 2 is 2.06 bits per heavy atom. The molecule has 1 atom stereocenters. The number of nitriles is 1. The van der Waals surface area contributed by atoms with Crippen LogP contribution in [0.1, 0.15) is 29.8 Å². The molecule has 96 valence electrons. The van der Waals surface area contributed by atoms with E-state index in [9.17, 15) is 4.79 Å². The van der Waals surface area contributed by atoms with Crippen LogP contribution >= 0.6 is 0 Å². The lowest BCUT2D eigenvalue weighted by molar-refractivity contribution is 0.0697. The van der Waals surface area contributed by atoms with Gasteiger partial charge in [0, 0.05) is 13.1 Å². The Bertz CT molecular complexity index is 434. The molecule has 0 aromatic heterocycles. The summed E-state index contributed by atoms with van der Waals surface area (Å²) in [4.78, 5) is 12.9. The molecule has 0 fully saturated rings. The molecule has 0 bridgehead atoms. The number of carboxylic acid groups (broad SMARTS) is 1. The number of hydrogen-bond acceptors (Lipinski definition) is 3. The molecule has 4 nitrogen and oxygen atoms in total. The van der Waals surface area contributed by atoms with Crippen LogP contribution in [-0.4, -0.2) is 29.1 Å². The van der Waals surface area contributed by atoms with Crippen LogP contribution in [0.25, 0.3) is 0 Å². The third-order valence-corrected chi connectivity index (χ3v) is 2.81. The fourth-order valence-corrected chi connectivity index (χ4v) is 1.74. The fraction of sp³-hybridized carbons (Fsp3) is 0.429. The molecule has 0 amide bonds. The number of rotatable bonds is 6. The number of hydrogen-bond donors (Lipinski definition) is 1. The number of nitrogens with zero attached hydrogens (tertiary/aromatic N) is 2. The highest BCUT2D eigenvalue weighted by molar-refractivity contribution is 5.87. The monoisotopic (exact) mass is 246 g/mol. The number of benzene rings is 1. The van der Waals surface area contributed by atoms with Crippen molar-refractivity contribution < 1.29 is 9.90 Å². The minimum absolute atomic E-state index is 0.00300. The standard InChI is InChI=1S/C14H18N2O2/c1-3-16(9-11(2)8-15)10-12-4-6-13(7-5-12)14(17)18/h4-7,11H,3,9-10H2,1-2H3,(H,17,18). The van der Waals surface area contributed by atoms with Gasteiger partial charge in [-0.2, -0.15) is 5.26 Å². The second kappa shape index (κ2) is 6.77. The van der Waals surface area contributed by atoms with E-state index in [0.717, 1.165) is 25.2 Å². The van der Waals surface area contributed by atoms with E-state index in [1.165, 1.54) is 0 Å². The van der Waals surface area contributed by atoms with Gasteiger partial charge in [0.15, 0.2) is 0 Å². The quantitative estimate of drug-likeness (QED) is 0.837. The van der Waals surface area contributed by atoms with Gasteiger partial charge in [-0.3, -0.25) is 4.90 Å². The molecule has 0 saturated heterocycles. The smallest absolute Gasteiger partial charge is 0.335 e. The van der Waals surface area contributed by atoms with Gasteiger partial charge in [0.25, 0.3) is 0 Å². The Hall–Kier alpha value is -1.86. The van der Waals surface area contributed by atoms with E-state index in [1.807, 2.05) is 19.1 Å². The third-order valence-electron chi connectivity index (χ3n) is 2.81. The maximum atomic E-state index is 10.7. The van der Waals surface area contributed by atoms with E-state index in [4.69, 9.17) is 10.4 Å². The fourth-order valence-electron chi connectivity index (χ4n) is 1.74. The van der Waals surface area contributed by atoms with Crippen molar-refractivity contribution >= 4 is 5.97 Å². The molecule has 0 aliphatic carbocycles. The first-order valence-electron chi connectivity index (χ1n) is 6.01. The molecule has 1 rings (SSSR count). The highest BCUT2D eigenvalue weighted by Gasteiger charge is 2.09. The summed E-state index contributed by atoms with van der Waals surface area (Å²) >= 11 is 0. The third kappa shape index (κ3) is 4.19. The summed E-state index contributed by atoms with van der Waals surface area (Å²) in [6.07, 6.45) is 0. The first-order valence-corrected chi connectivity index (χ1v) is 6.01. The molecular formula is C14H18N2O2. The Labute approximate surface area is 107 Å². The molecule has 0 heterocycles. The molecule has 1 N–H and O–H groups in total. The van der Waals surface area contributed by atoms with Gasteiger partial charge in [-0.1, -0.05) is 19.1 Å². The van der Waals surface area contributed by atoms with Crippen molar-refractivity contribution in [2.24, 2.45) is 5.92 Å². The molecule has 1 aromatic carbocycles. The topological polar surface area (TPSA) is 64.3 Å². The predicted molar refractivity (Wildman–Crippen MR) is 69.1 cm³/mol. The predicted octanol–water partition coefficient (Wildman–Crippen LogP) is 2.37.